The zero-order chi connectivity index (χ0) is 17.1. The number of hydrogen-bond acceptors (Lipinski definition) is 6. The number of anilines is 2. The molecule has 1 atom stereocenters. The number of morpholine rings is 1. The molecule has 0 radical (unpaired) electrons. The summed E-state index contributed by atoms with van der Waals surface area (Å²) in [6.07, 6.45) is 0.676. The fraction of sp³-hybridized carbons (Fsp3) is 0.529. The summed E-state index contributed by atoms with van der Waals surface area (Å²) in [6.45, 7) is 7.34. The minimum Gasteiger partial charge on any atom is -0.378 e. The molecule has 3 N–H and O–H groups in total. The standard InChI is InChI=1S/C17H24N4O2S.2ClH/c1-11(2)9-13(18)16(22)19-12-3-4-14-15(10-12)24-17(20-14)21-5-7-23-8-6-21;;/h3-4,10-11,13H,5-9,18H2,1-2H3,(H,19,22);2*1H/t13-;;/m0../s1. The molecule has 1 aliphatic heterocycles. The molecule has 1 saturated heterocycles. The van der Waals surface area contributed by atoms with E-state index in [-0.39, 0.29) is 30.7 Å². The number of ether oxygens (including phenoxy) is 1. The zero-order valence-corrected chi connectivity index (χ0v) is 17.4. The molecule has 0 aliphatic carbocycles. The maximum Gasteiger partial charge on any atom is 0.241 e. The van der Waals surface area contributed by atoms with Crippen molar-refractivity contribution in [2.75, 3.05) is 36.5 Å². The number of aromatic nitrogens is 1. The monoisotopic (exact) mass is 420 g/mol. The van der Waals surface area contributed by atoms with Gasteiger partial charge in [-0.15, -0.1) is 24.8 Å². The molecule has 1 aromatic carbocycles. The quantitative estimate of drug-likeness (QED) is 0.775. The van der Waals surface area contributed by atoms with Crippen molar-refractivity contribution in [2.45, 2.75) is 26.3 Å². The molecule has 0 spiro atoms. The number of nitrogens with two attached hydrogens (primary N) is 1. The molecule has 0 unspecified atom stereocenters. The molecular formula is C17H26Cl2N4O2S. The molecule has 0 bridgehead atoms. The molecule has 9 heteroatoms. The summed E-state index contributed by atoms with van der Waals surface area (Å²) in [6, 6.07) is 5.31. The Bertz CT molecular complexity index is 720. The summed E-state index contributed by atoms with van der Waals surface area (Å²) >= 11 is 1.64. The molecule has 146 valence electrons. The molecule has 1 aliphatic rings. The van der Waals surface area contributed by atoms with Crippen LogP contribution < -0.4 is 16.0 Å². The van der Waals surface area contributed by atoms with Gasteiger partial charge in [-0.25, -0.2) is 4.98 Å². The van der Waals surface area contributed by atoms with E-state index in [1.165, 1.54) is 0 Å². The first kappa shape index (κ1) is 22.9. The number of nitrogens with zero attached hydrogens (tertiary/aromatic N) is 2. The van der Waals surface area contributed by atoms with Crippen molar-refractivity contribution in [3.63, 3.8) is 0 Å². The van der Waals surface area contributed by atoms with Gasteiger partial charge in [0, 0.05) is 18.8 Å². The highest BCUT2D eigenvalue weighted by Gasteiger charge is 2.17. The Morgan fingerprint density at radius 1 is 1.35 bits per heavy atom. The van der Waals surface area contributed by atoms with E-state index in [4.69, 9.17) is 10.5 Å². The molecule has 0 saturated carbocycles. The lowest BCUT2D eigenvalue weighted by atomic mass is 10.0. The van der Waals surface area contributed by atoms with Crippen molar-refractivity contribution in [3.05, 3.63) is 18.2 Å². The molecule has 1 amide bonds. The van der Waals surface area contributed by atoms with Crippen LogP contribution in [0.2, 0.25) is 0 Å². The molecule has 3 rings (SSSR count). The largest absolute Gasteiger partial charge is 0.378 e. The topological polar surface area (TPSA) is 80.5 Å². The number of carbonyl (C=O) groups is 1. The van der Waals surface area contributed by atoms with Crippen LogP contribution in [0.5, 0.6) is 0 Å². The summed E-state index contributed by atoms with van der Waals surface area (Å²) in [5, 5.41) is 3.92. The number of carbonyl (C=O) groups excluding carboxylic acids is 1. The third-order valence-electron chi connectivity index (χ3n) is 3.99. The van der Waals surface area contributed by atoms with E-state index in [0.29, 0.717) is 12.3 Å². The zero-order valence-electron chi connectivity index (χ0n) is 14.9. The molecule has 1 aromatic heterocycles. The van der Waals surface area contributed by atoms with Crippen LogP contribution >= 0.6 is 36.2 Å². The maximum absolute atomic E-state index is 12.2. The molecule has 26 heavy (non-hydrogen) atoms. The van der Waals surface area contributed by atoms with E-state index in [1.54, 1.807) is 11.3 Å². The Labute approximate surface area is 170 Å². The van der Waals surface area contributed by atoms with Crippen molar-refractivity contribution in [1.82, 2.24) is 4.98 Å². The number of hydrogen-bond donors (Lipinski definition) is 2. The first-order chi connectivity index (χ1) is 11.5. The average Bonchev–Trinajstić information content (AvgIpc) is 2.98. The Morgan fingerprint density at radius 2 is 2.04 bits per heavy atom. The lowest BCUT2D eigenvalue weighted by Crippen LogP contribution is -2.36. The Morgan fingerprint density at radius 3 is 2.69 bits per heavy atom. The molecule has 2 heterocycles. The summed E-state index contributed by atoms with van der Waals surface area (Å²) in [4.78, 5) is 19.1. The highest BCUT2D eigenvalue weighted by molar-refractivity contribution is 7.22. The van der Waals surface area contributed by atoms with E-state index in [1.807, 2.05) is 18.2 Å². The third-order valence-corrected chi connectivity index (χ3v) is 5.07. The average molecular weight is 421 g/mol. The first-order valence-corrected chi connectivity index (χ1v) is 9.14. The number of rotatable bonds is 5. The van der Waals surface area contributed by atoms with Crippen molar-refractivity contribution >= 4 is 63.1 Å². The van der Waals surface area contributed by atoms with Gasteiger partial charge in [-0.1, -0.05) is 25.2 Å². The lowest BCUT2D eigenvalue weighted by molar-refractivity contribution is -0.117. The van der Waals surface area contributed by atoms with Gasteiger partial charge in [0.2, 0.25) is 5.91 Å². The van der Waals surface area contributed by atoms with E-state index >= 15 is 0 Å². The van der Waals surface area contributed by atoms with Gasteiger partial charge in [0.15, 0.2) is 5.13 Å². The predicted octanol–water partition coefficient (Wildman–Crippen LogP) is 3.29. The van der Waals surface area contributed by atoms with Crippen molar-refractivity contribution in [3.8, 4) is 0 Å². The van der Waals surface area contributed by atoms with Gasteiger partial charge in [-0.2, -0.15) is 0 Å². The van der Waals surface area contributed by atoms with Crippen molar-refractivity contribution < 1.29 is 9.53 Å². The first-order valence-electron chi connectivity index (χ1n) is 8.32. The Hall–Kier alpha value is -1.12. The highest BCUT2D eigenvalue weighted by Crippen LogP contribution is 2.31. The van der Waals surface area contributed by atoms with Crippen LogP contribution in [0.3, 0.4) is 0 Å². The fourth-order valence-corrected chi connectivity index (χ4v) is 3.79. The van der Waals surface area contributed by atoms with Gasteiger partial charge < -0.3 is 20.7 Å². The molecule has 1 fully saturated rings. The second-order valence-electron chi connectivity index (χ2n) is 6.50. The molecule has 2 aromatic rings. The van der Waals surface area contributed by atoms with Crippen LogP contribution in [0.15, 0.2) is 18.2 Å². The van der Waals surface area contributed by atoms with Crippen LogP contribution in [0.25, 0.3) is 10.2 Å². The van der Waals surface area contributed by atoms with Crippen LogP contribution in [0, 0.1) is 5.92 Å². The normalized spacial score (nSPS) is 15.3. The van der Waals surface area contributed by atoms with E-state index in [0.717, 1.165) is 47.3 Å². The van der Waals surface area contributed by atoms with Gasteiger partial charge in [0.25, 0.3) is 0 Å². The minimum atomic E-state index is -0.480. The second-order valence-corrected chi connectivity index (χ2v) is 7.51. The van der Waals surface area contributed by atoms with Gasteiger partial charge in [-0.3, -0.25) is 4.79 Å². The summed E-state index contributed by atoms with van der Waals surface area (Å²) < 4.78 is 6.45. The van der Waals surface area contributed by atoms with E-state index in [2.05, 4.69) is 29.0 Å². The highest BCUT2D eigenvalue weighted by atomic mass is 35.5. The Balaban J connectivity index is 0.00000169. The smallest absolute Gasteiger partial charge is 0.241 e. The van der Waals surface area contributed by atoms with Gasteiger partial charge >= 0.3 is 0 Å². The van der Waals surface area contributed by atoms with E-state index in [9.17, 15) is 4.79 Å². The number of benzene rings is 1. The second kappa shape index (κ2) is 10.3. The third kappa shape index (κ3) is 5.69. The summed E-state index contributed by atoms with van der Waals surface area (Å²) in [5.41, 5.74) is 7.66. The number of halogens is 2. The fourth-order valence-electron chi connectivity index (χ4n) is 2.73. The van der Waals surface area contributed by atoms with Crippen LogP contribution in [-0.4, -0.2) is 43.2 Å². The lowest BCUT2D eigenvalue weighted by Gasteiger charge is -2.25. The number of nitrogens with one attached hydrogen (secondary N) is 1. The summed E-state index contributed by atoms with van der Waals surface area (Å²) in [5.74, 6) is 0.256. The van der Waals surface area contributed by atoms with Crippen LogP contribution in [-0.2, 0) is 9.53 Å². The Kier molecular flexibility index (Phi) is 9.06. The minimum absolute atomic E-state index is 0. The number of amides is 1. The predicted molar refractivity (Wildman–Crippen MR) is 113 cm³/mol. The van der Waals surface area contributed by atoms with E-state index < -0.39 is 6.04 Å². The molecule has 6 nitrogen and oxygen atoms in total. The molecular weight excluding hydrogens is 395 g/mol. The number of fused-ring (bicyclic) bond motifs is 1. The van der Waals surface area contributed by atoms with Gasteiger partial charge in [0.05, 0.1) is 29.5 Å². The van der Waals surface area contributed by atoms with Crippen LogP contribution in [0.4, 0.5) is 10.8 Å². The van der Waals surface area contributed by atoms with Gasteiger partial charge in [-0.05, 0) is 30.5 Å². The van der Waals surface area contributed by atoms with Gasteiger partial charge in [0.1, 0.15) is 0 Å². The maximum atomic E-state index is 12.2. The van der Waals surface area contributed by atoms with Crippen LogP contribution in [0.1, 0.15) is 20.3 Å². The SMILES string of the molecule is CC(C)C[C@H](N)C(=O)Nc1ccc2nc(N3CCOCC3)sc2c1.Cl.Cl. The number of thiazole rings is 1. The summed E-state index contributed by atoms with van der Waals surface area (Å²) in [7, 11) is 0. The van der Waals surface area contributed by atoms with Crippen molar-refractivity contribution in [1.29, 1.82) is 0 Å². The van der Waals surface area contributed by atoms with Crippen molar-refractivity contribution in [2.24, 2.45) is 11.7 Å².